The van der Waals surface area contributed by atoms with Gasteiger partial charge in [-0.25, -0.2) is 0 Å². The highest BCUT2D eigenvalue weighted by Gasteiger charge is 2.41. The van der Waals surface area contributed by atoms with Gasteiger partial charge in [0.25, 0.3) is 0 Å². The van der Waals surface area contributed by atoms with Gasteiger partial charge in [0, 0.05) is 13.6 Å². The molecule has 1 atom stereocenters. The predicted octanol–water partition coefficient (Wildman–Crippen LogP) is 5.62. The Morgan fingerprint density at radius 1 is 1.14 bits per heavy atom. The zero-order valence-corrected chi connectivity index (χ0v) is 18.5. The molecule has 0 aromatic heterocycles. The van der Waals surface area contributed by atoms with Crippen LogP contribution in [0, 0.1) is 0 Å². The molecule has 0 aromatic carbocycles. The van der Waals surface area contributed by atoms with Crippen LogP contribution in [0.2, 0.25) is 24.2 Å². The topological polar surface area (TPSA) is 12.0 Å². The fraction of sp³-hybridized carbons (Fsp3) is 0.895. The molecule has 1 rings (SSSR count). The maximum Gasteiger partial charge on any atom is 0.0560 e. The van der Waals surface area contributed by atoms with Gasteiger partial charge < -0.3 is 5.32 Å². The lowest BCUT2D eigenvalue weighted by Gasteiger charge is -2.42. The SMILES string of the molecule is CC(C)=C[SiH](CCCNC1CCCCC1)[Si](C)(C)C(C)(C)C. The van der Waals surface area contributed by atoms with E-state index >= 15 is 0 Å². The molecule has 1 nitrogen and oxygen atoms in total. The van der Waals surface area contributed by atoms with Gasteiger partial charge in [0.2, 0.25) is 0 Å². The zero-order chi connectivity index (χ0) is 16.8. The molecule has 0 radical (unpaired) electrons. The van der Waals surface area contributed by atoms with E-state index in [9.17, 15) is 0 Å². The second kappa shape index (κ2) is 8.84. The summed E-state index contributed by atoms with van der Waals surface area (Å²) in [5.74, 6) is 0. The molecule has 1 saturated carbocycles. The van der Waals surface area contributed by atoms with E-state index in [2.05, 4.69) is 58.7 Å². The predicted molar refractivity (Wildman–Crippen MR) is 108 cm³/mol. The highest BCUT2D eigenvalue weighted by molar-refractivity contribution is 7.35. The Morgan fingerprint density at radius 2 is 1.73 bits per heavy atom. The van der Waals surface area contributed by atoms with Crippen LogP contribution in [0.15, 0.2) is 11.3 Å². The summed E-state index contributed by atoms with van der Waals surface area (Å²) in [6, 6.07) is 2.33. The second-order valence-electron chi connectivity index (χ2n) is 9.25. The molecule has 0 saturated heterocycles. The van der Waals surface area contributed by atoms with Crippen LogP contribution in [0.25, 0.3) is 0 Å². The lowest BCUT2D eigenvalue weighted by Crippen LogP contribution is -2.52. The zero-order valence-electron chi connectivity index (χ0n) is 16.4. The molecule has 0 amide bonds. The van der Waals surface area contributed by atoms with E-state index in [-0.39, 0.29) is 0 Å². The summed E-state index contributed by atoms with van der Waals surface area (Å²) >= 11 is 0. The van der Waals surface area contributed by atoms with Crippen molar-refractivity contribution in [3.8, 4) is 0 Å². The van der Waals surface area contributed by atoms with Crippen LogP contribution >= 0.6 is 0 Å². The van der Waals surface area contributed by atoms with Gasteiger partial charge >= 0.3 is 0 Å². The Morgan fingerprint density at radius 3 is 2.23 bits per heavy atom. The third-order valence-corrected chi connectivity index (χ3v) is 23.5. The van der Waals surface area contributed by atoms with Crippen LogP contribution in [0.3, 0.4) is 0 Å². The molecule has 3 heteroatoms. The molecule has 1 aliphatic carbocycles. The second-order valence-corrected chi connectivity index (χ2v) is 22.9. The molecule has 130 valence electrons. The third kappa shape index (κ3) is 6.33. The van der Waals surface area contributed by atoms with E-state index in [0.29, 0.717) is 5.04 Å². The summed E-state index contributed by atoms with van der Waals surface area (Å²) in [7, 11) is -1.91. The van der Waals surface area contributed by atoms with Crippen LogP contribution in [0.5, 0.6) is 0 Å². The summed E-state index contributed by atoms with van der Waals surface area (Å²) in [4.78, 5) is 0. The minimum absolute atomic E-state index is 0.534. The van der Waals surface area contributed by atoms with E-state index < -0.39 is 15.9 Å². The smallest absolute Gasteiger partial charge is 0.0560 e. The molecule has 0 heterocycles. The minimum atomic E-state index is -1.15. The first-order valence-electron chi connectivity index (χ1n) is 9.53. The number of hydrogen-bond acceptors (Lipinski definition) is 1. The van der Waals surface area contributed by atoms with E-state index in [1.54, 1.807) is 5.57 Å². The molecule has 0 aliphatic heterocycles. The van der Waals surface area contributed by atoms with Gasteiger partial charge in [-0.15, -0.1) is 5.70 Å². The van der Waals surface area contributed by atoms with Crippen molar-refractivity contribution in [3.63, 3.8) is 0 Å². The molecule has 1 unspecified atom stereocenters. The average Bonchev–Trinajstić information content (AvgIpc) is 2.41. The van der Waals surface area contributed by atoms with Gasteiger partial charge in [-0.1, -0.05) is 64.7 Å². The molecule has 1 fully saturated rings. The normalized spacial score (nSPS) is 19.0. The molecule has 1 N–H and O–H groups in total. The van der Waals surface area contributed by atoms with Gasteiger partial charge in [0.05, 0.1) is 8.31 Å². The Labute approximate surface area is 142 Å². The van der Waals surface area contributed by atoms with E-state index in [0.717, 1.165) is 6.04 Å². The summed E-state index contributed by atoms with van der Waals surface area (Å²) in [5.41, 5.74) is 4.28. The van der Waals surface area contributed by atoms with Gasteiger partial charge in [0.15, 0.2) is 0 Å². The maximum absolute atomic E-state index is 3.84. The Kier molecular flexibility index (Phi) is 8.11. The first kappa shape index (κ1) is 20.2. The quantitative estimate of drug-likeness (QED) is 0.469. The van der Waals surface area contributed by atoms with Crippen molar-refractivity contribution in [2.24, 2.45) is 0 Å². The number of hydrogen-bond donors (Lipinski definition) is 1. The van der Waals surface area contributed by atoms with Crippen LogP contribution in [-0.2, 0) is 0 Å². The van der Waals surface area contributed by atoms with Gasteiger partial charge in [-0.05, 0) is 44.7 Å². The fourth-order valence-electron chi connectivity index (χ4n) is 3.55. The van der Waals surface area contributed by atoms with Crippen LogP contribution < -0.4 is 5.32 Å². The Bertz CT molecular complexity index is 345. The molecular weight excluding hydrogens is 298 g/mol. The molecule has 0 bridgehead atoms. The third-order valence-electron chi connectivity index (χ3n) is 6.12. The van der Waals surface area contributed by atoms with Crippen molar-refractivity contribution in [2.45, 2.75) is 103 Å². The van der Waals surface area contributed by atoms with Crippen LogP contribution in [0.4, 0.5) is 0 Å². The van der Waals surface area contributed by atoms with Crippen molar-refractivity contribution >= 4 is 15.9 Å². The molecular formula is C19H41NSi2. The van der Waals surface area contributed by atoms with E-state index in [4.69, 9.17) is 0 Å². The van der Waals surface area contributed by atoms with Crippen molar-refractivity contribution < 1.29 is 0 Å². The van der Waals surface area contributed by atoms with E-state index in [1.807, 2.05) is 0 Å². The molecule has 1 aliphatic rings. The average molecular weight is 340 g/mol. The lowest BCUT2D eigenvalue weighted by atomic mass is 9.95. The van der Waals surface area contributed by atoms with Crippen molar-refractivity contribution in [1.29, 1.82) is 0 Å². The van der Waals surface area contributed by atoms with Crippen molar-refractivity contribution in [2.75, 3.05) is 6.54 Å². The fourth-order valence-corrected chi connectivity index (χ4v) is 15.8. The number of nitrogens with one attached hydrogen (secondary N) is 1. The molecule has 0 spiro atoms. The molecule has 22 heavy (non-hydrogen) atoms. The van der Waals surface area contributed by atoms with Crippen molar-refractivity contribution in [1.82, 2.24) is 5.32 Å². The summed E-state index contributed by atoms with van der Waals surface area (Å²) in [6.45, 7) is 18.6. The maximum atomic E-state index is 3.84. The van der Waals surface area contributed by atoms with Gasteiger partial charge in [0.1, 0.15) is 0 Å². The first-order chi connectivity index (χ1) is 10.1. The lowest BCUT2D eigenvalue weighted by molar-refractivity contribution is 0.374. The summed E-state index contributed by atoms with van der Waals surface area (Å²) in [6.07, 6.45) is 8.56. The largest absolute Gasteiger partial charge is 0.314 e. The highest BCUT2D eigenvalue weighted by atomic mass is 29.2. The highest BCUT2D eigenvalue weighted by Crippen LogP contribution is 2.39. The Hall–Kier alpha value is 0.134. The van der Waals surface area contributed by atoms with Crippen LogP contribution in [-0.4, -0.2) is 28.5 Å². The summed E-state index contributed by atoms with van der Waals surface area (Å²) < 4.78 is 0. The number of rotatable bonds is 7. The first-order valence-corrected chi connectivity index (χ1v) is 15.8. The van der Waals surface area contributed by atoms with Gasteiger partial charge in [-0.2, -0.15) is 0 Å². The monoisotopic (exact) mass is 339 g/mol. The van der Waals surface area contributed by atoms with Gasteiger partial charge in [-0.3, -0.25) is 0 Å². The standard InChI is InChI=1S/C19H41NSi2/c1-17(2)16-21(22(6,7)19(3,4)5)15-11-14-20-18-12-9-8-10-13-18/h16,18,20-21H,8-15H2,1-7H3. The Balaban J connectivity index is 2.50. The van der Waals surface area contributed by atoms with Crippen molar-refractivity contribution in [3.05, 3.63) is 11.3 Å². The number of allylic oxidation sites excluding steroid dienone is 1. The molecule has 0 aromatic rings. The van der Waals surface area contributed by atoms with Crippen LogP contribution in [0.1, 0.15) is 73.1 Å². The van der Waals surface area contributed by atoms with E-state index in [1.165, 1.54) is 51.1 Å². The minimum Gasteiger partial charge on any atom is -0.314 e. The summed E-state index contributed by atoms with van der Waals surface area (Å²) in [5, 5.41) is 4.37.